The van der Waals surface area contributed by atoms with E-state index in [4.69, 9.17) is 0 Å². The minimum atomic E-state index is -3.34. The van der Waals surface area contributed by atoms with Crippen molar-refractivity contribution in [2.24, 2.45) is 0 Å². The van der Waals surface area contributed by atoms with Crippen LogP contribution in [0.2, 0.25) is 0 Å². The first-order chi connectivity index (χ1) is 7.93. The second kappa shape index (κ2) is 6.31. The molecule has 96 valence electrons. The maximum atomic E-state index is 12.2. The quantitative estimate of drug-likeness (QED) is 0.728. The van der Waals surface area contributed by atoms with Crippen molar-refractivity contribution in [3.63, 3.8) is 0 Å². The Morgan fingerprint density at radius 3 is 1.94 bits per heavy atom. The van der Waals surface area contributed by atoms with Gasteiger partial charge in [0.15, 0.2) is 0 Å². The SMILES string of the molecule is CCN(CC)S(=O)(=O)c1ccc(C(Br)Br)cc1. The van der Waals surface area contributed by atoms with E-state index < -0.39 is 10.0 Å². The van der Waals surface area contributed by atoms with Gasteiger partial charge >= 0.3 is 0 Å². The molecule has 1 rings (SSSR count). The molecule has 0 N–H and O–H groups in total. The van der Waals surface area contributed by atoms with Gasteiger partial charge in [0.2, 0.25) is 10.0 Å². The molecule has 1 aromatic rings. The molecule has 0 aliphatic rings. The van der Waals surface area contributed by atoms with Gasteiger partial charge in [0.05, 0.1) is 8.63 Å². The minimum absolute atomic E-state index is 0.0419. The Hall–Kier alpha value is 0.0900. The fourth-order valence-corrected chi connectivity index (χ4v) is 3.57. The molecule has 0 fully saturated rings. The van der Waals surface area contributed by atoms with E-state index in [1.807, 2.05) is 13.8 Å². The lowest BCUT2D eigenvalue weighted by Crippen LogP contribution is -2.30. The van der Waals surface area contributed by atoms with Crippen LogP contribution in [0.5, 0.6) is 0 Å². The summed E-state index contributed by atoms with van der Waals surface area (Å²) in [7, 11) is -3.34. The van der Waals surface area contributed by atoms with Crippen LogP contribution < -0.4 is 0 Å². The third-order valence-corrected chi connectivity index (χ3v) is 5.60. The highest BCUT2D eigenvalue weighted by Gasteiger charge is 2.21. The number of alkyl halides is 2. The molecule has 0 atom stereocenters. The van der Waals surface area contributed by atoms with Gasteiger partial charge < -0.3 is 0 Å². The van der Waals surface area contributed by atoms with E-state index in [9.17, 15) is 8.42 Å². The molecule has 0 bridgehead atoms. The molecule has 0 aliphatic heterocycles. The molecule has 6 heteroatoms. The van der Waals surface area contributed by atoms with Gasteiger partial charge in [-0.3, -0.25) is 0 Å². The zero-order valence-corrected chi connectivity index (χ0v) is 13.7. The second-order valence-corrected chi connectivity index (χ2v) is 8.46. The number of hydrogen-bond acceptors (Lipinski definition) is 2. The van der Waals surface area contributed by atoms with Crippen molar-refractivity contribution in [1.82, 2.24) is 4.31 Å². The first-order valence-electron chi connectivity index (χ1n) is 5.31. The molecule has 17 heavy (non-hydrogen) atoms. The van der Waals surface area contributed by atoms with Crippen LogP contribution in [0.25, 0.3) is 0 Å². The van der Waals surface area contributed by atoms with E-state index in [1.54, 1.807) is 24.3 Å². The molecule has 3 nitrogen and oxygen atoms in total. The first kappa shape index (κ1) is 15.1. The van der Waals surface area contributed by atoms with Crippen LogP contribution in [0.1, 0.15) is 23.1 Å². The van der Waals surface area contributed by atoms with Crippen LogP contribution in [0, 0.1) is 0 Å². The maximum absolute atomic E-state index is 12.2. The van der Waals surface area contributed by atoms with Gasteiger partial charge in [-0.2, -0.15) is 4.31 Å². The molecule has 0 aromatic heterocycles. The number of hydrogen-bond donors (Lipinski definition) is 0. The highest BCUT2D eigenvalue weighted by Crippen LogP contribution is 2.29. The molecule has 0 aliphatic carbocycles. The summed E-state index contributed by atoms with van der Waals surface area (Å²) in [6, 6.07) is 6.87. The highest BCUT2D eigenvalue weighted by molar-refractivity contribution is 9.24. The fourth-order valence-electron chi connectivity index (χ4n) is 1.50. The van der Waals surface area contributed by atoms with Crippen molar-refractivity contribution < 1.29 is 8.42 Å². The zero-order chi connectivity index (χ0) is 13.1. The van der Waals surface area contributed by atoms with Crippen molar-refractivity contribution in [1.29, 1.82) is 0 Å². The summed E-state index contributed by atoms with van der Waals surface area (Å²) in [5.41, 5.74) is 0.989. The van der Waals surface area contributed by atoms with E-state index in [0.717, 1.165) is 5.56 Å². The Morgan fingerprint density at radius 1 is 1.12 bits per heavy atom. The Kier molecular flexibility index (Phi) is 5.63. The smallest absolute Gasteiger partial charge is 0.207 e. The van der Waals surface area contributed by atoms with Gasteiger partial charge in [0.25, 0.3) is 0 Å². The summed E-state index contributed by atoms with van der Waals surface area (Å²) in [5, 5.41) is 0. The molecule has 0 amide bonds. The van der Waals surface area contributed by atoms with Crippen LogP contribution in [-0.2, 0) is 10.0 Å². The Balaban J connectivity index is 3.08. The third-order valence-electron chi connectivity index (χ3n) is 2.48. The Bertz CT molecular complexity index is 453. The van der Waals surface area contributed by atoms with E-state index in [-0.39, 0.29) is 3.74 Å². The molecule has 0 radical (unpaired) electrons. The average molecular weight is 385 g/mol. The standard InChI is InChI=1S/C11H15Br2NO2S/c1-3-14(4-2)17(15,16)10-7-5-9(6-8-10)11(12)13/h5-8,11H,3-4H2,1-2H3. The summed E-state index contributed by atoms with van der Waals surface area (Å²) in [5.74, 6) is 0. The maximum Gasteiger partial charge on any atom is 0.243 e. The topological polar surface area (TPSA) is 37.4 Å². The number of rotatable bonds is 5. The molecule has 0 saturated carbocycles. The number of halogens is 2. The normalized spacial score (nSPS) is 12.4. The van der Waals surface area contributed by atoms with Crippen molar-refractivity contribution in [3.05, 3.63) is 29.8 Å². The fraction of sp³-hybridized carbons (Fsp3) is 0.455. The Morgan fingerprint density at radius 2 is 1.59 bits per heavy atom. The van der Waals surface area contributed by atoms with E-state index >= 15 is 0 Å². The van der Waals surface area contributed by atoms with Crippen LogP contribution in [-0.4, -0.2) is 25.8 Å². The van der Waals surface area contributed by atoms with Crippen molar-refractivity contribution in [3.8, 4) is 0 Å². The molecular formula is C11H15Br2NO2S. The van der Waals surface area contributed by atoms with Crippen LogP contribution in [0.3, 0.4) is 0 Å². The highest BCUT2D eigenvalue weighted by atomic mass is 79.9. The van der Waals surface area contributed by atoms with Gasteiger partial charge in [-0.05, 0) is 17.7 Å². The summed E-state index contributed by atoms with van der Waals surface area (Å²) < 4.78 is 25.8. The van der Waals surface area contributed by atoms with Gasteiger partial charge in [0, 0.05) is 13.1 Å². The second-order valence-electron chi connectivity index (χ2n) is 3.46. The lowest BCUT2D eigenvalue weighted by molar-refractivity contribution is 0.445. The monoisotopic (exact) mass is 383 g/mol. The van der Waals surface area contributed by atoms with Gasteiger partial charge in [0.1, 0.15) is 0 Å². The van der Waals surface area contributed by atoms with Crippen molar-refractivity contribution in [2.75, 3.05) is 13.1 Å². The lowest BCUT2D eigenvalue weighted by atomic mass is 10.2. The molecule has 0 saturated heterocycles. The predicted molar refractivity (Wildman–Crippen MR) is 77.1 cm³/mol. The predicted octanol–water partition coefficient (Wildman–Crippen LogP) is 3.51. The van der Waals surface area contributed by atoms with E-state index in [1.165, 1.54) is 4.31 Å². The van der Waals surface area contributed by atoms with Crippen LogP contribution in [0.15, 0.2) is 29.2 Å². The lowest BCUT2D eigenvalue weighted by Gasteiger charge is -2.18. The van der Waals surface area contributed by atoms with E-state index in [2.05, 4.69) is 31.9 Å². The van der Waals surface area contributed by atoms with Gasteiger partial charge in [-0.1, -0.05) is 57.8 Å². The zero-order valence-electron chi connectivity index (χ0n) is 9.73. The summed E-state index contributed by atoms with van der Waals surface area (Å²) in [6.07, 6.45) is 0. The van der Waals surface area contributed by atoms with Gasteiger partial charge in [-0.15, -0.1) is 0 Å². The summed E-state index contributed by atoms with van der Waals surface area (Å²) in [6.45, 7) is 4.64. The average Bonchev–Trinajstić information content (AvgIpc) is 2.30. The molecular weight excluding hydrogens is 370 g/mol. The molecule has 0 heterocycles. The third kappa shape index (κ3) is 3.53. The summed E-state index contributed by atoms with van der Waals surface area (Å²) >= 11 is 6.74. The minimum Gasteiger partial charge on any atom is -0.207 e. The largest absolute Gasteiger partial charge is 0.243 e. The van der Waals surface area contributed by atoms with Crippen molar-refractivity contribution in [2.45, 2.75) is 22.5 Å². The first-order valence-corrected chi connectivity index (χ1v) is 8.58. The van der Waals surface area contributed by atoms with Crippen LogP contribution >= 0.6 is 31.9 Å². The number of nitrogens with zero attached hydrogens (tertiary/aromatic N) is 1. The molecule has 0 unspecified atom stereocenters. The number of sulfonamides is 1. The van der Waals surface area contributed by atoms with Gasteiger partial charge in [-0.25, -0.2) is 8.42 Å². The number of benzene rings is 1. The Labute approximate surface area is 120 Å². The van der Waals surface area contributed by atoms with Crippen molar-refractivity contribution >= 4 is 41.9 Å². The van der Waals surface area contributed by atoms with Crippen LogP contribution in [0.4, 0.5) is 0 Å². The van der Waals surface area contributed by atoms with E-state index in [0.29, 0.717) is 18.0 Å². The molecule has 1 aromatic carbocycles. The summed E-state index contributed by atoms with van der Waals surface area (Å²) in [4.78, 5) is 0.339. The molecule has 0 spiro atoms.